The lowest BCUT2D eigenvalue weighted by Crippen LogP contribution is -2.37. The molecule has 2 rings (SSSR count). The number of anilines is 2. The third-order valence-electron chi connectivity index (χ3n) is 4.06. The summed E-state index contributed by atoms with van der Waals surface area (Å²) in [7, 11) is -2.10. The van der Waals surface area contributed by atoms with Gasteiger partial charge in [-0.05, 0) is 65.4 Å². The van der Waals surface area contributed by atoms with Crippen LogP contribution in [0.25, 0.3) is 0 Å². The Labute approximate surface area is 190 Å². The molecule has 0 unspecified atom stereocenters. The van der Waals surface area contributed by atoms with Crippen molar-refractivity contribution in [2.24, 2.45) is 0 Å². The maximum atomic E-state index is 12.6. The molecule has 10 heteroatoms. The highest BCUT2D eigenvalue weighted by Crippen LogP contribution is 2.20. The van der Waals surface area contributed by atoms with Gasteiger partial charge in [0.25, 0.3) is 5.91 Å². The summed E-state index contributed by atoms with van der Waals surface area (Å²) in [6.07, 6.45) is 1.70. The molecule has 0 bridgehead atoms. The number of ether oxygens (including phenoxy) is 1. The van der Waals surface area contributed by atoms with Crippen LogP contribution in [-0.2, 0) is 19.6 Å². The van der Waals surface area contributed by atoms with Crippen molar-refractivity contribution in [3.05, 3.63) is 57.7 Å². The van der Waals surface area contributed by atoms with Crippen LogP contribution in [0.1, 0.15) is 16.8 Å². The molecule has 8 nitrogen and oxygen atoms in total. The molecule has 0 spiro atoms. The van der Waals surface area contributed by atoms with Gasteiger partial charge in [-0.15, -0.1) is 0 Å². The molecule has 0 aromatic heterocycles. The Morgan fingerprint density at radius 2 is 1.77 bits per heavy atom. The van der Waals surface area contributed by atoms with Gasteiger partial charge in [-0.2, -0.15) is 0 Å². The number of carbonyl (C=O) groups is 2. The lowest BCUT2D eigenvalue weighted by molar-refractivity contribution is -0.114. The van der Waals surface area contributed by atoms with E-state index in [1.807, 2.05) is 0 Å². The molecule has 0 fully saturated rings. The molecule has 0 atom stereocenters. The van der Waals surface area contributed by atoms with E-state index in [4.69, 9.17) is 4.74 Å². The minimum absolute atomic E-state index is 0.295. The highest BCUT2D eigenvalue weighted by atomic mass is 127. The quantitative estimate of drug-likeness (QED) is 0.353. The zero-order chi connectivity index (χ0) is 22.1. The summed E-state index contributed by atoms with van der Waals surface area (Å²) >= 11 is 2.11. The number of rotatable bonds is 10. The van der Waals surface area contributed by atoms with Crippen LogP contribution in [0.5, 0.6) is 0 Å². The Bertz CT molecular complexity index is 980. The highest BCUT2D eigenvalue weighted by molar-refractivity contribution is 14.1. The van der Waals surface area contributed by atoms with Gasteiger partial charge in [0.05, 0.1) is 23.2 Å². The largest absolute Gasteiger partial charge is 0.385 e. The fraction of sp³-hybridized carbons (Fsp3) is 0.300. The van der Waals surface area contributed by atoms with Crippen LogP contribution in [0.2, 0.25) is 0 Å². The number of hydrogen-bond acceptors (Lipinski definition) is 5. The molecular weight excluding hydrogens is 521 g/mol. The first-order valence-corrected chi connectivity index (χ1v) is 12.0. The molecule has 0 aliphatic rings. The van der Waals surface area contributed by atoms with Gasteiger partial charge in [-0.25, -0.2) is 8.42 Å². The number of benzene rings is 2. The predicted octanol–water partition coefficient (Wildman–Crippen LogP) is 2.46. The van der Waals surface area contributed by atoms with E-state index in [0.717, 1.165) is 14.1 Å². The molecule has 30 heavy (non-hydrogen) atoms. The van der Waals surface area contributed by atoms with Crippen LogP contribution in [0.3, 0.4) is 0 Å². The lowest BCUT2D eigenvalue weighted by atomic mass is 10.1. The second-order valence-electron chi connectivity index (χ2n) is 6.44. The van der Waals surface area contributed by atoms with E-state index in [9.17, 15) is 18.0 Å². The van der Waals surface area contributed by atoms with E-state index in [-0.39, 0.29) is 5.91 Å². The van der Waals surface area contributed by atoms with Crippen molar-refractivity contribution in [1.29, 1.82) is 0 Å². The topological polar surface area (TPSA) is 105 Å². The Kier molecular flexibility index (Phi) is 9.06. The number of carbonyl (C=O) groups excluding carboxylic acids is 2. The molecule has 162 valence electrons. The number of para-hydroxylation sites is 1. The molecule has 0 saturated heterocycles. The molecule has 2 amide bonds. The highest BCUT2D eigenvalue weighted by Gasteiger charge is 2.22. The van der Waals surface area contributed by atoms with Crippen molar-refractivity contribution in [2.45, 2.75) is 6.42 Å². The van der Waals surface area contributed by atoms with Crippen molar-refractivity contribution >= 4 is 55.8 Å². The zero-order valence-electron chi connectivity index (χ0n) is 16.7. The fourth-order valence-corrected chi connectivity index (χ4v) is 3.85. The van der Waals surface area contributed by atoms with Crippen LogP contribution in [0.4, 0.5) is 11.4 Å². The number of methoxy groups -OCH3 is 1. The maximum Gasteiger partial charge on any atom is 0.253 e. The van der Waals surface area contributed by atoms with E-state index < -0.39 is 22.5 Å². The summed E-state index contributed by atoms with van der Waals surface area (Å²) in [6.45, 7) is 0.547. The Morgan fingerprint density at radius 1 is 1.10 bits per heavy atom. The summed E-state index contributed by atoms with van der Waals surface area (Å²) in [5, 5.41) is 5.41. The van der Waals surface area contributed by atoms with Crippen molar-refractivity contribution in [2.75, 3.05) is 42.7 Å². The van der Waals surface area contributed by atoms with Crippen molar-refractivity contribution in [3.63, 3.8) is 0 Å². The minimum Gasteiger partial charge on any atom is -0.385 e. The number of nitrogens with one attached hydrogen (secondary N) is 2. The third-order valence-corrected chi connectivity index (χ3v) is 5.92. The molecule has 2 N–H and O–H groups in total. The minimum atomic E-state index is -3.68. The fourth-order valence-electron chi connectivity index (χ4n) is 2.63. The van der Waals surface area contributed by atoms with E-state index >= 15 is 0 Å². The molecule has 0 aliphatic heterocycles. The Hall–Kier alpha value is -2.18. The number of sulfonamides is 1. The summed E-state index contributed by atoms with van der Waals surface area (Å²) in [5.41, 5.74) is 0.989. The standard InChI is InChI=1S/C20H24IN3O5S/c1-29-13-5-12-22-20(26)17-6-3-4-7-18(17)23-19(25)14-24(30(2,27)28)16-10-8-15(21)9-11-16/h3-4,6-11H,5,12-14H2,1-2H3,(H,22,26)(H,23,25). The smallest absolute Gasteiger partial charge is 0.253 e. The SMILES string of the molecule is COCCCNC(=O)c1ccccc1NC(=O)CN(c1ccc(I)cc1)S(C)(=O)=O. The Balaban J connectivity index is 2.13. The normalized spacial score (nSPS) is 11.0. The number of nitrogens with zero attached hydrogens (tertiary/aromatic N) is 1. The number of amides is 2. The van der Waals surface area contributed by atoms with Gasteiger partial charge in [0.1, 0.15) is 6.54 Å². The van der Waals surface area contributed by atoms with Crippen molar-refractivity contribution in [1.82, 2.24) is 5.32 Å². The third kappa shape index (κ3) is 7.26. The maximum absolute atomic E-state index is 12.6. The lowest BCUT2D eigenvalue weighted by Gasteiger charge is -2.22. The van der Waals surface area contributed by atoms with Gasteiger partial charge in [-0.3, -0.25) is 13.9 Å². The first kappa shape index (κ1) is 24.1. The Morgan fingerprint density at radius 3 is 2.40 bits per heavy atom. The first-order chi connectivity index (χ1) is 14.2. The van der Waals surface area contributed by atoms with Gasteiger partial charge >= 0.3 is 0 Å². The van der Waals surface area contributed by atoms with E-state index in [1.165, 1.54) is 0 Å². The summed E-state index contributed by atoms with van der Waals surface area (Å²) in [4.78, 5) is 25.1. The molecule has 2 aromatic carbocycles. The van der Waals surface area contributed by atoms with Crippen molar-refractivity contribution in [3.8, 4) is 0 Å². The molecule has 0 saturated carbocycles. The first-order valence-electron chi connectivity index (χ1n) is 9.11. The van der Waals surface area contributed by atoms with Gasteiger partial charge in [-0.1, -0.05) is 12.1 Å². The second kappa shape index (κ2) is 11.3. The summed E-state index contributed by atoms with van der Waals surface area (Å²) in [6, 6.07) is 13.4. The number of hydrogen-bond donors (Lipinski definition) is 2. The van der Waals surface area contributed by atoms with Gasteiger partial charge < -0.3 is 15.4 Å². The van der Waals surface area contributed by atoms with Gasteiger partial charge in [0, 0.05) is 23.8 Å². The van der Waals surface area contributed by atoms with Crippen molar-refractivity contribution < 1.29 is 22.7 Å². The van der Waals surface area contributed by atoms with Crippen LogP contribution < -0.4 is 14.9 Å². The predicted molar refractivity (Wildman–Crippen MR) is 125 cm³/mol. The molecular formula is C20H24IN3O5S. The van der Waals surface area contributed by atoms with E-state index in [0.29, 0.717) is 36.5 Å². The van der Waals surface area contributed by atoms with Gasteiger partial charge in [0.15, 0.2) is 0 Å². The van der Waals surface area contributed by atoms with Gasteiger partial charge in [0.2, 0.25) is 15.9 Å². The second-order valence-corrected chi connectivity index (χ2v) is 9.59. The van der Waals surface area contributed by atoms with Crippen LogP contribution in [-0.4, -0.2) is 53.3 Å². The summed E-state index contributed by atoms with van der Waals surface area (Å²) < 4.78 is 31.4. The number of halogens is 1. The molecule has 0 aliphatic carbocycles. The van der Waals surface area contributed by atoms with Crippen LogP contribution in [0.15, 0.2) is 48.5 Å². The van der Waals surface area contributed by atoms with Crippen LogP contribution >= 0.6 is 22.6 Å². The monoisotopic (exact) mass is 545 g/mol. The zero-order valence-corrected chi connectivity index (χ0v) is 19.7. The average molecular weight is 545 g/mol. The average Bonchev–Trinajstić information content (AvgIpc) is 2.70. The summed E-state index contributed by atoms with van der Waals surface area (Å²) in [5.74, 6) is -0.891. The molecule has 0 radical (unpaired) electrons. The van der Waals surface area contributed by atoms with Crippen LogP contribution in [0, 0.1) is 3.57 Å². The van der Waals surface area contributed by atoms with E-state index in [1.54, 1.807) is 55.6 Å². The molecule has 0 heterocycles. The van der Waals surface area contributed by atoms with E-state index in [2.05, 4.69) is 33.2 Å². The molecule has 2 aromatic rings.